The molecule has 0 saturated carbocycles. The van der Waals surface area contributed by atoms with Crippen molar-refractivity contribution in [3.8, 4) is 5.75 Å². The highest BCUT2D eigenvalue weighted by Crippen LogP contribution is 2.25. The van der Waals surface area contributed by atoms with Crippen molar-refractivity contribution in [1.29, 1.82) is 0 Å². The second kappa shape index (κ2) is 7.47. The zero-order chi connectivity index (χ0) is 14.7. The van der Waals surface area contributed by atoms with Crippen molar-refractivity contribution >= 4 is 29.1 Å². The van der Waals surface area contributed by atoms with Crippen molar-refractivity contribution in [3.05, 3.63) is 42.5 Å². The number of fused-ring (bicyclic) bond motifs is 1. The Hall–Kier alpha value is -1.78. The van der Waals surface area contributed by atoms with Gasteiger partial charge in [0.15, 0.2) is 6.61 Å². The molecule has 0 radical (unpaired) electrons. The number of benzene rings is 2. The summed E-state index contributed by atoms with van der Waals surface area (Å²) in [6.45, 7) is 4.60. The van der Waals surface area contributed by atoms with Gasteiger partial charge in [-0.3, -0.25) is 4.79 Å². The molecule has 2 aromatic carbocycles. The first kappa shape index (κ1) is 16.6. The Bertz CT molecular complexity index is 642. The molecule has 0 bridgehead atoms. The van der Waals surface area contributed by atoms with Crippen LogP contribution in [0.5, 0.6) is 5.75 Å². The van der Waals surface area contributed by atoms with Gasteiger partial charge in [-0.15, -0.1) is 12.4 Å². The van der Waals surface area contributed by atoms with Crippen molar-refractivity contribution in [3.63, 3.8) is 0 Å². The maximum absolute atomic E-state index is 12.3. The molecular weight excluding hydrogens is 300 g/mol. The van der Waals surface area contributed by atoms with Crippen LogP contribution in [-0.2, 0) is 4.79 Å². The van der Waals surface area contributed by atoms with Gasteiger partial charge >= 0.3 is 0 Å². The predicted octanol–water partition coefficient (Wildman–Crippen LogP) is 2.46. The normalized spacial score (nSPS) is 17.9. The minimum atomic E-state index is 0. The largest absolute Gasteiger partial charge is 0.483 e. The third-order valence-corrected chi connectivity index (χ3v) is 3.92. The SMILES string of the molecule is C[C@@H]1CNCCN1C(=O)COc1cccc2ccccc12.Cl. The van der Waals surface area contributed by atoms with Gasteiger partial charge in [-0.1, -0.05) is 36.4 Å². The van der Waals surface area contributed by atoms with Crippen molar-refractivity contribution in [2.45, 2.75) is 13.0 Å². The van der Waals surface area contributed by atoms with Gasteiger partial charge in [0.2, 0.25) is 0 Å². The maximum atomic E-state index is 12.3. The van der Waals surface area contributed by atoms with E-state index in [0.29, 0.717) is 0 Å². The first-order valence-corrected chi connectivity index (χ1v) is 7.36. The topological polar surface area (TPSA) is 41.6 Å². The molecule has 1 fully saturated rings. The molecule has 1 saturated heterocycles. The van der Waals surface area contributed by atoms with Crippen LogP contribution in [0.25, 0.3) is 10.8 Å². The molecule has 0 spiro atoms. The van der Waals surface area contributed by atoms with Crippen LogP contribution in [-0.4, -0.2) is 43.1 Å². The summed E-state index contributed by atoms with van der Waals surface area (Å²) in [4.78, 5) is 14.2. The van der Waals surface area contributed by atoms with Gasteiger partial charge in [0.05, 0.1) is 0 Å². The summed E-state index contributed by atoms with van der Waals surface area (Å²) in [5.74, 6) is 0.821. The molecule has 2 aromatic rings. The number of hydrogen-bond acceptors (Lipinski definition) is 3. The number of carbonyl (C=O) groups excluding carboxylic acids is 1. The molecule has 118 valence electrons. The number of nitrogens with one attached hydrogen (secondary N) is 1. The Labute approximate surface area is 136 Å². The zero-order valence-electron chi connectivity index (χ0n) is 12.6. The van der Waals surface area contributed by atoms with Crippen LogP contribution in [0, 0.1) is 0 Å². The number of ether oxygens (including phenoxy) is 1. The smallest absolute Gasteiger partial charge is 0.260 e. The molecule has 0 aliphatic carbocycles. The quantitative estimate of drug-likeness (QED) is 0.944. The van der Waals surface area contributed by atoms with E-state index in [9.17, 15) is 4.79 Å². The fraction of sp³-hybridized carbons (Fsp3) is 0.353. The second-order valence-electron chi connectivity index (χ2n) is 5.41. The van der Waals surface area contributed by atoms with Crippen LogP contribution in [0.2, 0.25) is 0 Å². The molecule has 0 unspecified atom stereocenters. The standard InChI is InChI=1S/C17H20N2O2.ClH/c1-13-11-18-9-10-19(13)17(20)12-21-16-8-4-6-14-5-2-3-7-15(14)16;/h2-8,13,18H,9-12H2,1H3;1H/t13-;/m1./s1. The molecule has 1 aliphatic heterocycles. The van der Waals surface area contributed by atoms with E-state index in [1.807, 2.05) is 47.4 Å². The molecule has 1 amide bonds. The van der Waals surface area contributed by atoms with E-state index in [4.69, 9.17) is 4.74 Å². The summed E-state index contributed by atoms with van der Waals surface area (Å²) in [6, 6.07) is 14.2. The molecule has 3 rings (SSSR count). The Morgan fingerprint density at radius 2 is 2.05 bits per heavy atom. The molecule has 5 heteroatoms. The summed E-state index contributed by atoms with van der Waals surface area (Å²) in [7, 11) is 0. The van der Waals surface area contributed by atoms with Gasteiger partial charge in [0, 0.05) is 31.1 Å². The molecule has 22 heavy (non-hydrogen) atoms. The number of piperazine rings is 1. The third-order valence-electron chi connectivity index (χ3n) is 3.92. The fourth-order valence-electron chi connectivity index (χ4n) is 2.76. The van der Waals surface area contributed by atoms with Gasteiger partial charge in [-0.05, 0) is 18.4 Å². The van der Waals surface area contributed by atoms with Gasteiger partial charge in [0.25, 0.3) is 5.91 Å². The first-order chi connectivity index (χ1) is 10.3. The van der Waals surface area contributed by atoms with Crippen LogP contribution in [0.3, 0.4) is 0 Å². The Morgan fingerprint density at radius 3 is 2.86 bits per heavy atom. The Balaban J connectivity index is 0.00000176. The van der Waals surface area contributed by atoms with Crippen LogP contribution in [0.1, 0.15) is 6.92 Å². The lowest BCUT2D eigenvalue weighted by atomic mass is 10.1. The van der Waals surface area contributed by atoms with Gasteiger partial charge in [-0.2, -0.15) is 0 Å². The van der Waals surface area contributed by atoms with Crippen molar-refractivity contribution in [1.82, 2.24) is 10.2 Å². The monoisotopic (exact) mass is 320 g/mol. The van der Waals surface area contributed by atoms with Crippen molar-refractivity contribution in [2.75, 3.05) is 26.2 Å². The van der Waals surface area contributed by atoms with Gasteiger partial charge < -0.3 is 15.0 Å². The molecular formula is C17H21ClN2O2. The minimum Gasteiger partial charge on any atom is -0.483 e. The number of nitrogens with zero attached hydrogens (tertiary/aromatic N) is 1. The highest BCUT2D eigenvalue weighted by molar-refractivity contribution is 5.88. The summed E-state index contributed by atoms with van der Waals surface area (Å²) >= 11 is 0. The summed E-state index contributed by atoms with van der Waals surface area (Å²) in [5, 5.41) is 5.45. The predicted molar refractivity (Wildman–Crippen MR) is 90.7 cm³/mol. The van der Waals surface area contributed by atoms with Crippen molar-refractivity contribution in [2.24, 2.45) is 0 Å². The number of carbonyl (C=O) groups is 1. The lowest BCUT2D eigenvalue weighted by Gasteiger charge is -2.33. The highest BCUT2D eigenvalue weighted by Gasteiger charge is 2.23. The highest BCUT2D eigenvalue weighted by atomic mass is 35.5. The lowest BCUT2D eigenvalue weighted by molar-refractivity contribution is -0.136. The molecule has 1 N–H and O–H groups in total. The van der Waals surface area contributed by atoms with E-state index in [1.54, 1.807) is 0 Å². The average Bonchev–Trinajstić information content (AvgIpc) is 2.53. The van der Waals surface area contributed by atoms with Crippen LogP contribution in [0.4, 0.5) is 0 Å². The third kappa shape index (κ3) is 3.51. The number of halogens is 1. The van der Waals surface area contributed by atoms with Gasteiger partial charge in [0.1, 0.15) is 5.75 Å². The zero-order valence-corrected chi connectivity index (χ0v) is 13.4. The molecule has 1 heterocycles. The molecule has 0 aromatic heterocycles. The first-order valence-electron chi connectivity index (χ1n) is 7.36. The molecule has 1 aliphatic rings. The van der Waals surface area contributed by atoms with E-state index in [-0.39, 0.29) is 31.0 Å². The van der Waals surface area contributed by atoms with E-state index >= 15 is 0 Å². The van der Waals surface area contributed by atoms with Gasteiger partial charge in [-0.25, -0.2) is 0 Å². The van der Waals surface area contributed by atoms with E-state index in [2.05, 4.69) is 12.2 Å². The Morgan fingerprint density at radius 1 is 1.27 bits per heavy atom. The van der Waals surface area contributed by atoms with Crippen LogP contribution < -0.4 is 10.1 Å². The van der Waals surface area contributed by atoms with Crippen molar-refractivity contribution < 1.29 is 9.53 Å². The maximum Gasteiger partial charge on any atom is 0.260 e. The van der Waals surface area contributed by atoms with E-state index < -0.39 is 0 Å². The average molecular weight is 321 g/mol. The van der Waals surface area contributed by atoms with E-state index in [0.717, 1.165) is 36.2 Å². The van der Waals surface area contributed by atoms with Crippen LogP contribution in [0.15, 0.2) is 42.5 Å². The fourth-order valence-corrected chi connectivity index (χ4v) is 2.76. The summed E-state index contributed by atoms with van der Waals surface area (Å²) in [5.41, 5.74) is 0. The molecule has 4 nitrogen and oxygen atoms in total. The van der Waals surface area contributed by atoms with Crippen LogP contribution >= 0.6 is 12.4 Å². The summed E-state index contributed by atoms with van der Waals surface area (Å²) in [6.07, 6.45) is 0. The Kier molecular flexibility index (Phi) is 5.63. The van der Waals surface area contributed by atoms with E-state index in [1.165, 1.54) is 0 Å². The number of rotatable bonds is 3. The second-order valence-corrected chi connectivity index (χ2v) is 5.41. The number of hydrogen-bond donors (Lipinski definition) is 1. The number of amides is 1. The minimum absolute atomic E-state index is 0. The molecule has 1 atom stereocenters. The summed E-state index contributed by atoms with van der Waals surface area (Å²) < 4.78 is 5.77. The lowest BCUT2D eigenvalue weighted by Crippen LogP contribution is -2.53.